The van der Waals surface area contributed by atoms with Gasteiger partial charge in [-0.25, -0.2) is 0 Å². The molecule has 0 aromatic carbocycles. The lowest BCUT2D eigenvalue weighted by molar-refractivity contribution is 0.00939. The van der Waals surface area contributed by atoms with Gasteiger partial charge in [0.1, 0.15) is 0 Å². The van der Waals surface area contributed by atoms with Crippen molar-refractivity contribution in [1.82, 2.24) is 10.2 Å². The molecule has 0 amide bonds. The fraction of sp³-hybridized carbons (Fsp3) is 0.812. The molecule has 0 unspecified atom stereocenters. The van der Waals surface area contributed by atoms with Gasteiger partial charge in [-0.05, 0) is 12.8 Å². The van der Waals surface area contributed by atoms with Gasteiger partial charge in [-0.15, -0.1) is 30.6 Å². The Morgan fingerprint density at radius 1 is 1.27 bits per heavy atom. The topological polar surface area (TPSA) is 62.9 Å². The average molecular weight is 422 g/mol. The lowest BCUT2D eigenvalue weighted by atomic mass is 9.73. The van der Waals surface area contributed by atoms with Gasteiger partial charge >= 0.3 is 0 Å². The Morgan fingerprint density at radius 3 is 2.59 bits per heavy atom. The Morgan fingerprint density at radius 2 is 1.95 bits per heavy atom. The maximum atomic E-state index is 5.93. The molecule has 0 spiro atoms. The normalized spacial score (nSPS) is 22.6. The molecule has 6 heteroatoms. The highest BCUT2D eigenvalue weighted by atomic mass is 127. The van der Waals surface area contributed by atoms with Gasteiger partial charge in [-0.3, -0.25) is 9.89 Å². The van der Waals surface area contributed by atoms with Crippen LogP contribution in [0.15, 0.2) is 17.6 Å². The molecule has 1 heterocycles. The van der Waals surface area contributed by atoms with E-state index in [4.69, 9.17) is 10.5 Å². The van der Waals surface area contributed by atoms with Crippen LogP contribution in [0.1, 0.15) is 32.1 Å². The second kappa shape index (κ2) is 10.4. The molecule has 2 rings (SSSR count). The van der Waals surface area contributed by atoms with Crippen molar-refractivity contribution in [1.29, 1.82) is 0 Å². The zero-order chi connectivity index (χ0) is 15.0. The van der Waals surface area contributed by atoms with Gasteiger partial charge < -0.3 is 15.8 Å². The number of nitrogens with zero attached hydrogens (tertiary/aromatic N) is 2. The highest BCUT2D eigenvalue weighted by Crippen LogP contribution is 2.37. The van der Waals surface area contributed by atoms with Gasteiger partial charge in [0.2, 0.25) is 0 Å². The van der Waals surface area contributed by atoms with Crippen molar-refractivity contribution >= 4 is 29.9 Å². The summed E-state index contributed by atoms with van der Waals surface area (Å²) in [6.45, 7) is 10.2. The first-order chi connectivity index (χ1) is 10.2. The molecule has 0 aromatic rings. The molecular formula is C16H31IN4O. The predicted molar refractivity (Wildman–Crippen MR) is 103 cm³/mol. The van der Waals surface area contributed by atoms with Crippen LogP contribution >= 0.6 is 24.0 Å². The number of rotatable bonds is 6. The van der Waals surface area contributed by atoms with Crippen LogP contribution in [0.2, 0.25) is 0 Å². The molecule has 1 saturated heterocycles. The van der Waals surface area contributed by atoms with Crippen molar-refractivity contribution in [3.05, 3.63) is 12.7 Å². The van der Waals surface area contributed by atoms with Gasteiger partial charge in [-0.1, -0.05) is 25.3 Å². The summed E-state index contributed by atoms with van der Waals surface area (Å²) in [7, 11) is 0. The SMILES string of the molecule is C=CCNC(N)=NCC1(CN2CCOCC2)CCCCC1.I. The van der Waals surface area contributed by atoms with Gasteiger partial charge in [0.25, 0.3) is 0 Å². The quantitative estimate of drug-likeness (QED) is 0.298. The molecule has 2 fully saturated rings. The Balaban J connectivity index is 0.00000242. The minimum Gasteiger partial charge on any atom is -0.379 e. The summed E-state index contributed by atoms with van der Waals surface area (Å²) >= 11 is 0. The van der Waals surface area contributed by atoms with Crippen molar-refractivity contribution < 1.29 is 4.74 Å². The summed E-state index contributed by atoms with van der Waals surface area (Å²) in [6.07, 6.45) is 8.33. The molecule has 0 bridgehead atoms. The summed E-state index contributed by atoms with van der Waals surface area (Å²) < 4.78 is 5.46. The third-order valence-electron chi connectivity index (χ3n) is 4.59. The van der Waals surface area contributed by atoms with E-state index in [9.17, 15) is 0 Å². The van der Waals surface area contributed by atoms with Crippen LogP contribution in [0.5, 0.6) is 0 Å². The number of morpholine rings is 1. The number of halogens is 1. The molecule has 0 radical (unpaired) electrons. The van der Waals surface area contributed by atoms with Gasteiger partial charge in [0, 0.05) is 38.1 Å². The van der Waals surface area contributed by atoms with Crippen LogP contribution in [0, 0.1) is 5.41 Å². The molecule has 1 aliphatic heterocycles. The second-order valence-electron chi connectivity index (χ2n) is 6.32. The summed E-state index contributed by atoms with van der Waals surface area (Å²) in [6, 6.07) is 0. The monoisotopic (exact) mass is 422 g/mol. The Labute approximate surface area is 151 Å². The molecule has 22 heavy (non-hydrogen) atoms. The Kier molecular flexibility index (Phi) is 9.35. The fourth-order valence-electron chi connectivity index (χ4n) is 3.39. The summed E-state index contributed by atoms with van der Waals surface area (Å²) in [5.74, 6) is 0.543. The number of aliphatic imine (C=N–C) groups is 1. The standard InChI is InChI=1S/C16H30N4O.HI/c1-2-8-18-15(17)19-13-16(6-4-3-5-7-16)14-20-9-11-21-12-10-20;/h2H,1,3-14H2,(H3,17,18,19);1H. The van der Waals surface area contributed by atoms with Crippen LogP contribution < -0.4 is 11.1 Å². The Hall–Kier alpha value is -0.340. The fourth-order valence-corrected chi connectivity index (χ4v) is 3.39. The van der Waals surface area contributed by atoms with Crippen LogP contribution in [0.3, 0.4) is 0 Å². The number of ether oxygens (including phenoxy) is 1. The van der Waals surface area contributed by atoms with Crippen molar-refractivity contribution in [3.63, 3.8) is 0 Å². The summed E-state index contributed by atoms with van der Waals surface area (Å²) in [5.41, 5.74) is 6.23. The zero-order valence-corrected chi connectivity index (χ0v) is 15.9. The number of hydrogen-bond acceptors (Lipinski definition) is 3. The number of nitrogens with one attached hydrogen (secondary N) is 1. The van der Waals surface area contributed by atoms with E-state index in [1.165, 1.54) is 32.1 Å². The van der Waals surface area contributed by atoms with E-state index >= 15 is 0 Å². The third kappa shape index (κ3) is 6.42. The first-order valence-electron chi connectivity index (χ1n) is 8.19. The van der Waals surface area contributed by atoms with Gasteiger partial charge in [0.15, 0.2) is 5.96 Å². The maximum Gasteiger partial charge on any atom is 0.188 e. The van der Waals surface area contributed by atoms with E-state index < -0.39 is 0 Å². The van der Waals surface area contributed by atoms with Crippen LogP contribution in [0.25, 0.3) is 0 Å². The molecule has 1 aliphatic carbocycles. The van der Waals surface area contributed by atoms with E-state index in [0.29, 0.717) is 17.9 Å². The average Bonchev–Trinajstić information content (AvgIpc) is 2.53. The minimum atomic E-state index is 0. The molecule has 2 aliphatic rings. The first-order valence-corrected chi connectivity index (χ1v) is 8.19. The molecule has 0 aromatic heterocycles. The van der Waals surface area contributed by atoms with E-state index in [1.54, 1.807) is 6.08 Å². The summed E-state index contributed by atoms with van der Waals surface area (Å²) in [4.78, 5) is 7.14. The van der Waals surface area contributed by atoms with Gasteiger partial charge in [-0.2, -0.15) is 0 Å². The highest BCUT2D eigenvalue weighted by molar-refractivity contribution is 14.0. The van der Waals surface area contributed by atoms with E-state index in [-0.39, 0.29) is 24.0 Å². The smallest absolute Gasteiger partial charge is 0.188 e. The van der Waals surface area contributed by atoms with Crippen LogP contribution in [-0.2, 0) is 4.74 Å². The largest absolute Gasteiger partial charge is 0.379 e. The number of hydrogen-bond donors (Lipinski definition) is 2. The molecule has 3 N–H and O–H groups in total. The lowest BCUT2D eigenvalue weighted by Crippen LogP contribution is -2.46. The van der Waals surface area contributed by atoms with E-state index in [0.717, 1.165) is 39.4 Å². The zero-order valence-electron chi connectivity index (χ0n) is 13.6. The Bertz CT molecular complexity index is 350. The summed E-state index contributed by atoms with van der Waals surface area (Å²) in [5, 5.41) is 3.07. The van der Waals surface area contributed by atoms with Crippen molar-refractivity contribution in [2.75, 3.05) is 45.9 Å². The van der Waals surface area contributed by atoms with E-state index in [2.05, 4.69) is 21.8 Å². The molecule has 1 saturated carbocycles. The molecular weight excluding hydrogens is 391 g/mol. The van der Waals surface area contributed by atoms with Crippen LogP contribution in [0.4, 0.5) is 0 Å². The second-order valence-corrected chi connectivity index (χ2v) is 6.32. The van der Waals surface area contributed by atoms with Crippen molar-refractivity contribution in [2.45, 2.75) is 32.1 Å². The van der Waals surface area contributed by atoms with E-state index in [1.807, 2.05) is 0 Å². The maximum absolute atomic E-state index is 5.93. The molecule has 0 atom stereocenters. The molecule has 5 nitrogen and oxygen atoms in total. The first kappa shape index (κ1) is 19.7. The minimum absolute atomic E-state index is 0. The van der Waals surface area contributed by atoms with Crippen LogP contribution in [-0.4, -0.2) is 56.8 Å². The lowest BCUT2D eigenvalue weighted by Gasteiger charge is -2.41. The predicted octanol–water partition coefficient (Wildman–Crippen LogP) is 1.98. The number of guanidine groups is 1. The third-order valence-corrected chi connectivity index (χ3v) is 4.59. The highest BCUT2D eigenvalue weighted by Gasteiger charge is 2.34. The number of nitrogens with two attached hydrogens (primary N) is 1. The molecule has 128 valence electrons. The van der Waals surface area contributed by atoms with Crippen molar-refractivity contribution in [2.24, 2.45) is 16.1 Å². The van der Waals surface area contributed by atoms with Crippen molar-refractivity contribution in [3.8, 4) is 0 Å². The van der Waals surface area contributed by atoms with Gasteiger partial charge in [0.05, 0.1) is 13.2 Å².